The second-order valence-electron chi connectivity index (χ2n) is 5.36. The van der Waals surface area contributed by atoms with Crippen molar-refractivity contribution < 1.29 is 39.3 Å². The molecule has 0 aliphatic rings. The van der Waals surface area contributed by atoms with Gasteiger partial charge in [0.1, 0.15) is 6.04 Å². The van der Waals surface area contributed by atoms with E-state index in [0.29, 0.717) is 0 Å². The van der Waals surface area contributed by atoms with Crippen molar-refractivity contribution in [1.29, 1.82) is 0 Å². The minimum absolute atomic E-state index is 0.426. The molecule has 0 radical (unpaired) electrons. The van der Waals surface area contributed by atoms with Crippen LogP contribution in [0.4, 0.5) is 0 Å². The standard InChI is InChI=1S/C13H23N5O8/c1-5(20)10(13(25)26)18-12(24)7(4-19)17-9(22)3-16-11(23)6(14)2-8(15)21/h5-7,10,19-20H,2-4,14H2,1H3,(H2,15,21)(H,16,23)(H,17,22)(H,18,24)(H,25,26). The molecule has 13 heteroatoms. The van der Waals surface area contributed by atoms with Gasteiger partial charge in [0, 0.05) is 0 Å². The lowest BCUT2D eigenvalue weighted by Gasteiger charge is -2.21. The van der Waals surface area contributed by atoms with Crippen molar-refractivity contribution in [3.8, 4) is 0 Å². The van der Waals surface area contributed by atoms with Gasteiger partial charge >= 0.3 is 5.97 Å². The Balaban J connectivity index is 4.59. The lowest BCUT2D eigenvalue weighted by molar-refractivity contribution is -0.145. The minimum atomic E-state index is -1.64. The van der Waals surface area contributed by atoms with Gasteiger partial charge in [-0.1, -0.05) is 0 Å². The normalized spacial score (nSPS) is 15.1. The van der Waals surface area contributed by atoms with Crippen LogP contribution < -0.4 is 27.4 Å². The average Bonchev–Trinajstić information content (AvgIpc) is 2.53. The van der Waals surface area contributed by atoms with Crippen molar-refractivity contribution in [2.45, 2.75) is 37.6 Å². The molecule has 0 aromatic heterocycles. The number of nitrogens with two attached hydrogens (primary N) is 2. The molecule has 0 rings (SSSR count). The van der Waals surface area contributed by atoms with Gasteiger partial charge in [0.2, 0.25) is 23.6 Å². The second-order valence-corrected chi connectivity index (χ2v) is 5.36. The predicted octanol–water partition coefficient (Wildman–Crippen LogP) is -5.27. The molecule has 4 atom stereocenters. The zero-order valence-electron chi connectivity index (χ0n) is 14.0. The molecule has 0 aromatic carbocycles. The molecular weight excluding hydrogens is 354 g/mol. The van der Waals surface area contributed by atoms with Crippen molar-refractivity contribution in [1.82, 2.24) is 16.0 Å². The highest BCUT2D eigenvalue weighted by Crippen LogP contribution is 1.95. The van der Waals surface area contributed by atoms with E-state index in [0.717, 1.165) is 6.92 Å². The minimum Gasteiger partial charge on any atom is -0.480 e. The van der Waals surface area contributed by atoms with Crippen molar-refractivity contribution in [3.05, 3.63) is 0 Å². The molecule has 4 amide bonds. The van der Waals surface area contributed by atoms with Crippen LogP contribution in [0.1, 0.15) is 13.3 Å². The average molecular weight is 377 g/mol. The molecule has 0 spiro atoms. The fourth-order valence-electron chi connectivity index (χ4n) is 1.69. The molecule has 0 heterocycles. The Labute approximate surface area is 148 Å². The van der Waals surface area contributed by atoms with Crippen LogP contribution in [-0.2, 0) is 24.0 Å². The maximum absolute atomic E-state index is 11.9. The molecule has 0 bridgehead atoms. The SMILES string of the molecule is CC(O)C(NC(=O)C(CO)NC(=O)CNC(=O)C(N)CC(N)=O)C(=O)O. The highest BCUT2D eigenvalue weighted by Gasteiger charge is 2.29. The number of amides is 4. The number of carbonyl (C=O) groups excluding carboxylic acids is 4. The van der Waals surface area contributed by atoms with E-state index in [1.54, 1.807) is 0 Å². The summed E-state index contributed by atoms with van der Waals surface area (Å²) in [6, 6.07) is -4.40. The lowest BCUT2D eigenvalue weighted by atomic mass is 10.1. The molecule has 0 saturated carbocycles. The number of hydrogen-bond acceptors (Lipinski definition) is 8. The highest BCUT2D eigenvalue weighted by molar-refractivity contribution is 5.93. The quantitative estimate of drug-likeness (QED) is 0.171. The largest absolute Gasteiger partial charge is 0.480 e. The van der Waals surface area contributed by atoms with Crippen LogP contribution in [0, 0.1) is 0 Å². The monoisotopic (exact) mass is 377 g/mol. The lowest BCUT2D eigenvalue weighted by Crippen LogP contribution is -2.57. The van der Waals surface area contributed by atoms with Crippen LogP contribution >= 0.6 is 0 Å². The van der Waals surface area contributed by atoms with Crippen LogP contribution in [0.25, 0.3) is 0 Å². The molecule has 0 fully saturated rings. The van der Waals surface area contributed by atoms with Crippen LogP contribution in [0.3, 0.4) is 0 Å². The van der Waals surface area contributed by atoms with Crippen LogP contribution in [0.2, 0.25) is 0 Å². The Morgan fingerprint density at radius 2 is 1.65 bits per heavy atom. The van der Waals surface area contributed by atoms with E-state index in [4.69, 9.17) is 21.7 Å². The number of primary amides is 1. The number of aliphatic hydroxyl groups excluding tert-OH is 2. The van der Waals surface area contributed by atoms with E-state index < -0.39 is 73.4 Å². The summed E-state index contributed by atoms with van der Waals surface area (Å²) in [5, 5.41) is 33.4. The number of carbonyl (C=O) groups is 5. The number of carboxylic acid groups (broad SMARTS) is 1. The summed E-state index contributed by atoms with van der Waals surface area (Å²) < 4.78 is 0. The van der Waals surface area contributed by atoms with Crippen molar-refractivity contribution in [2.24, 2.45) is 11.5 Å². The first kappa shape index (κ1) is 23.2. The first-order chi connectivity index (χ1) is 12.0. The van der Waals surface area contributed by atoms with E-state index in [-0.39, 0.29) is 0 Å². The fraction of sp³-hybridized carbons (Fsp3) is 0.615. The zero-order chi connectivity index (χ0) is 20.4. The van der Waals surface area contributed by atoms with Crippen LogP contribution in [-0.4, -0.2) is 82.3 Å². The Kier molecular flexibility index (Phi) is 9.80. The molecule has 0 aromatic rings. The van der Waals surface area contributed by atoms with Gasteiger partial charge in [0.25, 0.3) is 0 Å². The third-order valence-corrected chi connectivity index (χ3v) is 3.06. The Morgan fingerprint density at radius 1 is 1.08 bits per heavy atom. The number of rotatable bonds is 11. The number of aliphatic carboxylic acids is 1. The number of aliphatic hydroxyl groups is 2. The van der Waals surface area contributed by atoms with Crippen LogP contribution in [0.15, 0.2) is 0 Å². The highest BCUT2D eigenvalue weighted by atomic mass is 16.4. The smallest absolute Gasteiger partial charge is 0.328 e. The molecule has 148 valence electrons. The second kappa shape index (κ2) is 11.0. The molecule has 0 aliphatic carbocycles. The van der Waals surface area contributed by atoms with E-state index in [2.05, 4.69) is 10.6 Å². The molecule has 0 aliphatic heterocycles. The number of nitrogens with one attached hydrogen (secondary N) is 3. The van der Waals surface area contributed by atoms with Gasteiger partial charge in [0.05, 0.1) is 31.7 Å². The molecule has 26 heavy (non-hydrogen) atoms. The topological polar surface area (TPSA) is 234 Å². The third-order valence-electron chi connectivity index (χ3n) is 3.06. The van der Waals surface area contributed by atoms with Crippen LogP contribution in [0.5, 0.6) is 0 Å². The fourth-order valence-corrected chi connectivity index (χ4v) is 1.69. The van der Waals surface area contributed by atoms with Gasteiger partial charge in [0.15, 0.2) is 6.04 Å². The van der Waals surface area contributed by atoms with Gasteiger partial charge in [-0.25, -0.2) is 4.79 Å². The van der Waals surface area contributed by atoms with Crippen molar-refractivity contribution in [2.75, 3.05) is 13.2 Å². The zero-order valence-corrected chi connectivity index (χ0v) is 14.0. The number of hydrogen-bond donors (Lipinski definition) is 8. The third kappa shape index (κ3) is 8.36. The van der Waals surface area contributed by atoms with E-state index in [1.165, 1.54) is 0 Å². The van der Waals surface area contributed by atoms with Gasteiger partial charge in [-0.2, -0.15) is 0 Å². The van der Waals surface area contributed by atoms with Crippen molar-refractivity contribution in [3.63, 3.8) is 0 Å². The first-order valence-electron chi connectivity index (χ1n) is 7.42. The number of carboxylic acids is 1. The molecule has 13 nitrogen and oxygen atoms in total. The van der Waals surface area contributed by atoms with Gasteiger partial charge < -0.3 is 42.7 Å². The first-order valence-corrected chi connectivity index (χ1v) is 7.42. The van der Waals surface area contributed by atoms with Crippen molar-refractivity contribution >= 4 is 29.6 Å². The summed E-state index contributed by atoms with van der Waals surface area (Å²) in [5.41, 5.74) is 10.2. The predicted molar refractivity (Wildman–Crippen MR) is 85.1 cm³/mol. The molecular formula is C13H23N5O8. The Bertz CT molecular complexity index is 553. The van der Waals surface area contributed by atoms with E-state index >= 15 is 0 Å². The van der Waals surface area contributed by atoms with E-state index in [1.807, 2.05) is 5.32 Å². The maximum atomic E-state index is 11.9. The summed E-state index contributed by atoms with van der Waals surface area (Å²) in [5.74, 6) is -5.08. The summed E-state index contributed by atoms with van der Waals surface area (Å²) in [7, 11) is 0. The summed E-state index contributed by atoms with van der Waals surface area (Å²) in [4.78, 5) is 56.7. The summed E-state index contributed by atoms with van der Waals surface area (Å²) in [6.07, 6.45) is -1.84. The van der Waals surface area contributed by atoms with Gasteiger partial charge in [-0.05, 0) is 6.92 Å². The summed E-state index contributed by atoms with van der Waals surface area (Å²) >= 11 is 0. The maximum Gasteiger partial charge on any atom is 0.328 e. The van der Waals surface area contributed by atoms with Gasteiger partial charge in [-0.3, -0.25) is 19.2 Å². The Hall–Kier alpha value is -2.77. The molecule has 4 unspecified atom stereocenters. The van der Waals surface area contributed by atoms with Gasteiger partial charge in [-0.15, -0.1) is 0 Å². The Morgan fingerprint density at radius 3 is 2.08 bits per heavy atom. The molecule has 0 saturated heterocycles. The van der Waals surface area contributed by atoms with E-state index in [9.17, 15) is 29.1 Å². The molecule has 10 N–H and O–H groups in total. The summed E-state index contributed by atoms with van der Waals surface area (Å²) in [6.45, 7) is -0.344.